The van der Waals surface area contributed by atoms with Gasteiger partial charge in [0.1, 0.15) is 0 Å². The van der Waals surface area contributed by atoms with Gasteiger partial charge in [0.15, 0.2) is 11.5 Å². The lowest BCUT2D eigenvalue weighted by Gasteiger charge is -2.51. The zero-order valence-electron chi connectivity index (χ0n) is 16.4. The van der Waals surface area contributed by atoms with E-state index in [0.29, 0.717) is 32.6 Å². The summed E-state index contributed by atoms with van der Waals surface area (Å²) in [4.78, 5) is 13.8. The molecule has 0 bridgehead atoms. The maximum absolute atomic E-state index is 11.4. The maximum Gasteiger partial charge on any atom is 0.306 e. The number of β-amino-alcohol motifs (C(OH)–C–C–N with tert-alkyl or cyclic N) is 1. The molecule has 1 saturated carbocycles. The predicted octanol–water partition coefficient (Wildman–Crippen LogP) is 2.80. The van der Waals surface area contributed by atoms with Gasteiger partial charge in [-0.1, -0.05) is 0 Å². The highest BCUT2D eigenvalue weighted by atomic mass is 16.5. The molecule has 3 rings (SSSR count). The second-order valence-electron chi connectivity index (χ2n) is 7.43. The van der Waals surface area contributed by atoms with Crippen molar-refractivity contribution in [1.82, 2.24) is 4.90 Å². The van der Waals surface area contributed by atoms with Crippen molar-refractivity contribution in [3.63, 3.8) is 0 Å². The van der Waals surface area contributed by atoms with Crippen LogP contribution in [-0.4, -0.2) is 54.0 Å². The Morgan fingerprint density at radius 1 is 1.19 bits per heavy atom. The number of carbonyl (C=O) groups is 1. The van der Waals surface area contributed by atoms with Crippen LogP contribution in [0.4, 0.5) is 0 Å². The molecule has 6 heteroatoms. The zero-order chi connectivity index (χ0) is 19.4. The summed E-state index contributed by atoms with van der Waals surface area (Å²) in [6.45, 7) is 6.65. The molecule has 1 aliphatic heterocycles. The van der Waals surface area contributed by atoms with Crippen molar-refractivity contribution in [2.24, 2.45) is 5.92 Å². The average Bonchev–Trinajstić information content (AvgIpc) is 2.66. The van der Waals surface area contributed by atoms with Gasteiger partial charge >= 0.3 is 5.97 Å². The lowest BCUT2D eigenvalue weighted by atomic mass is 9.68. The molecule has 0 amide bonds. The summed E-state index contributed by atoms with van der Waals surface area (Å²) in [5.41, 5.74) is 2.25. The van der Waals surface area contributed by atoms with Crippen LogP contribution in [0.3, 0.4) is 0 Å². The number of rotatable bonds is 7. The molecule has 1 fully saturated rings. The van der Waals surface area contributed by atoms with E-state index in [0.717, 1.165) is 37.3 Å². The van der Waals surface area contributed by atoms with Gasteiger partial charge in [0, 0.05) is 18.6 Å². The van der Waals surface area contributed by atoms with Crippen LogP contribution in [0.15, 0.2) is 12.1 Å². The number of aliphatic hydroxyl groups excluding tert-OH is 1. The Kier molecular flexibility index (Phi) is 6.27. The Morgan fingerprint density at radius 2 is 1.81 bits per heavy atom. The highest BCUT2D eigenvalue weighted by Gasteiger charge is 2.46. The SMILES string of the molecule is CCOc1cc2c(cc1OCC)[C@]1(CC[C@@H](C(=O)O)CC1)N(CCO)CC2. The molecular formula is C21H31NO5. The van der Waals surface area contributed by atoms with E-state index >= 15 is 0 Å². The Hall–Kier alpha value is -1.79. The van der Waals surface area contributed by atoms with E-state index in [1.807, 2.05) is 13.8 Å². The third-order valence-electron chi connectivity index (χ3n) is 6.06. The van der Waals surface area contributed by atoms with Gasteiger partial charge in [-0.2, -0.15) is 0 Å². The molecule has 1 aromatic rings. The Bertz CT molecular complexity index is 667. The fraction of sp³-hybridized carbons (Fsp3) is 0.667. The number of hydrogen-bond acceptors (Lipinski definition) is 5. The Morgan fingerprint density at radius 3 is 2.37 bits per heavy atom. The molecule has 150 valence electrons. The fourth-order valence-corrected chi connectivity index (χ4v) is 4.79. The van der Waals surface area contributed by atoms with Crippen LogP contribution in [0.1, 0.15) is 50.7 Å². The van der Waals surface area contributed by atoms with E-state index in [4.69, 9.17) is 9.47 Å². The number of aliphatic carboxylic acids is 1. The van der Waals surface area contributed by atoms with E-state index in [-0.39, 0.29) is 18.1 Å². The van der Waals surface area contributed by atoms with E-state index in [2.05, 4.69) is 17.0 Å². The first-order valence-electron chi connectivity index (χ1n) is 10.1. The van der Waals surface area contributed by atoms with Crippen molar-refractivity contribution in [3.05, 3.63) is 23.3 Å². The van der Waals surface area contributed by atoms with Crippen LogP contribution < -0.4 is 9.47 Å². The third-order valence-corrected chi connectivity index (χ3v) is 6.06. The van der Waals surface area contributed by atoms with E-state index in [9.17, 15) is 15.0 Å². The number of ether oxygens (including phenoxy) is 2. The second kappa shape index (κ2) is 8.48. The molecule has 2 N–H and O–H groups in total. The minimum absolute atomic E-state index is 0.106. The van der Waals surface area contributed by atoms with Gasteiger partial charge in [-0.15, -0.1) is 0 Å². The van der Waals surface area contributed by atoms with Gasteiger partial charge in [0.2, 0.25) is 0 Å². The van der Waals surface area contributed by atoms with E-state index in [1.165, 1.54) is 11.1 Å². The summed E-state index contributed by atoms with van der Waals surface area (Å²) >= 11 is 0. The van der Waals surface area contributed by atoms with Crippen molar-refractivity contribution in [3.8, 4) is 11.5 Å². The highest BCUT2D eigenvalue weighted by Crippen LogP contribution is 2.49. The smallest absolute Gasteiger partial charge is 0.306 e. The molecule has 1 heterocycles. The van der Waals surface area contributed by atoms with Crippen LogP contribution in [-0.2, 0) is 16.8 Å². The first kappa shape index (κ1) is 20.0. The van der Waals surface area contributed by atoms with E-state index in [1.54, 1.807) is 0 Å². The molecule has 0 aromatic heterocycles. The van der Waals surface area contributed by atoms with Gasteiger partial charge < -0.3 is 19.7 Å². The van der Waals surface area contributed by atoms with Crippen molar-refractivity contribution < 1.29 is 24.5 Å². The summed E-state index contributed by atoms with van der Waals surface area (Å²) in [6, 6.07) is 4.21. The van der Waals surface area contributed by atoms with Crippen molar-refractivity contribution >= 4 is 5.97 Å². The lowest BCUT2D eigenvalue weighted by Crippen LogP contribution is -2.53. The number of carboxylic acid groups (broad SMARTS) is 1. The van der Waals surface area contributed by atoms with Crippen LogP contribution in [0.25, 0.3) is 0 Å². The molecular weight excluding hydrogens is 346 g/mol. The topological polar surface area (TPSA) is 79.2 Å². The molecule has 2 aliphatic rings. The van der Waals surface area contributed by atoms with Gasteiger partial charge in [0.25, 0.3) is 0 Å². The summed E-state index contributed by atoms with van der Waals surface area (Å²) < 4.78 is 11.7. The third kappa shape index (κ3) is 3.78. The Balaban J connectivity index is 2.03. The molecule has 0 radical (unpaired) electrons. The number of aliphatic hydroxyl groups is 1. The van der Waals surface area contributed by atoms with Crippen molar-refractivity contribution in [2.75, 3.05) is 32.9 Å². The molecule has 1 aromatic carbocycles. The normalized spacial score (nSPS) is 25.2. The van der Waals surface area contributed by atoms with Gasteiger partial charge in [-0.3, -0.25) is 9.69 Å². The zero-order valence-corrected chi connectivity index (χ0v) is 16.4. The molecule has 0 unspecified atom stereocenters. The first-order chi connectivity index (χ1) is 13.1. The van der Waals surface area contributed by atoms with Gasteiger partial charge in [-0.25, -0.2) is 0 Å². The first-order valence-corrected chi connectivity index (χ1v) is 10.1. The van der Waals surface area contributed by atoms with Crippen LogP contribution in [0.2, 0.25) is 0 Å². The summed E-state index contributed by atoms with van der Waals surface area (Å²) in [6.07, 6.45) is 3.79. The van der Waals surface area contributed by atoms with Crippen LogP contribution in [0.5, 0.6) is 11.5 Å². The highest BCUT2D eigenvalue weighted by molar-refractivity contribution is 5.70. The number of benzene rings is 1. The van der Waals surface area contributed by atoms with Gasteiger partial charge in [0.05, 0.1) is 25.7 Å². The largest absolute Gasteiger partial charge is 0.490 e. The molecule has 1 spiro atoms. The standard InChI is InChI=1S/C21H31NO5/c1-3-26-18-13-16-7-10-22(11-12-23)21(17(16)14-19(18)27-4-2)8-5-15(6-9-21)20(24)25/h13-15,23H,3-12H2,1-2H3,(H,24,25)/t15-,21-. The number of nitrogens with zero attached hydrogens (tertiary/aromatic N) is 1. The summed E-state index contributed by atoms with van der Waals surface area (Å²) in [7, 11) is 0. The number of carboxylic acids is 1. The summed E-state index contributed by atoms with van der Waals surface area (Å²) in [5.74, 6) is 0.564. The van der Waals surface area contributed by atoms with E-state index < -0.39 is 5.97 Å². The summed E-state index contributed by atoms with van der Waals surface area (Å²) in [5, 5.41) is 19.0. The number of fused-ring (bicyclic) bond motifs is 2. The number of hydrogen-bond donors (Lipinski definition) is 2. The molecule has 0 saturated heterocycles. The Labute approximate surface area is 161 Å². The molecule has 27 heavy (non-hydrogen) atoms. The lowest BCUT2D eigenvalue weighted by molar-refractivity contribution is -0.144. The van der Waals surface area contributed by atoms with Crippen LogP contribution in [0, 0.1) is 5.92 Å². The monoisotopic (exact) mass is 377 g/mol. The maximum atomic E-state index is 11.4. The fourth-order valence-electron chi connectivity index (χ4n) is 4.79. The van der Waals surface area contributed by atoms with Crippen molar-refractivity contribution in [2.45, 2.75) is 51.5 Å². The second-order valence-corrected chi connectivity index (χ2v) is 7.43. The minimum atomic E-state index is -0.698. The predicted molar refractivity (Wildman–Crippen MR) is 102 cm³/mol. The quantitative estimate of drug-likeness (QED) is 0.761. The average molecular weight is 377 g/mol. The molecule has 1 aliphatic carbocycles. The minimum Gasteiger partial charge on any atom is -0.490 e. The molecule has 6 nitrogen and oxygen atoms in total. The van der Waals surface area contributed by atoms with Gasteiger partial charge in [-0.05, 0) is 69.2 Å². The van der Waals surface area contributed by atoms with Crippen LogP contribution >= 0.6 is 0 Å². The molecule has 0 atom stereocenters. The van der Waals surface area contributed by atoms with Crippen molar-refractivity contribution in [1.29, 1.82) is 0 Å².